The minimum absolute atomic E-state index is 0.117. The third-order valence-electron chi connectivity index (χ3n) is 6.58. The Hall–Kier alpha value is -2.24. The van der Waals surface area contributed by atoms with E-state index >= 15 is 0 Å². The molecule has 1 aliphatic rings. The van der Waals surface area contributed by atoms with Gasteiger partial charge in [0, 0.05) is 12.6 Å². The molecule has 2 amide bonds. The van der Waals surface area contributed by atoms with E-state index in [2.05, 4.69) is 19.2 Å². The van der Waals surface area contributed by atoms with E-state index in [1.807, 2.05) is 37.3 Å². The molecule has 2 aromatic rings. The van der Waals surface area contributed by atoms with Crippen molar-refractivity contribution in [3.05, 3.63) is 63.6 Å². The molecule has 0 radical (unpaired) electrons. The van der Waals surface area contributed by atoms with Gasteiger partial charge in [-0.3, -0.25) is 9.59 Å². The van der Waals surface area contributed by atoms with E-state index in [1.54, 1.807) is 17.0 Å². The molecule has 1 saturated carbocycles. The summed E-state index contributed by atoms with van der Waals surface area (Å²) >= 11 is 12.3. The van der Waals surface area contributed by atoms with Crippen molar-refractivity contribution in [2.75, 3.05) is 6.61 Å². The molecule has 1 atom stereocenters. The van der Waals surface area contributed by atoms with Crippen LogP contribution in [0.3, 0.4) is 0 Å². The van der Waals surface area contributed by atoms with Crippen LogP contribution in [0.4, 0.5) is 0 Å². The molecule has 3 rings (SSSR count). The van der Waals surface area contributed by atoms with Gasteiger partial charge in [0.2, 0.25) is 5.91 Å². The Kier molecular flexibility index (Phi) is 10.3. The number of amides is 2. The van der Waals surface area contributed by atoms with E-state index in [1.165, 1.54) is 12.0 Å². The van der Waals surface area contributed by atoms with Crippen LogP contribution in [0.5, 0.6) is 5.75 Å². The normalized spacial score (nSPS) is 15.0. The number of carbonyl (C=O) groups excluding carboxylic acids is 2. The summed E-state index contributed by atoms with van der Waals surface area (Å²) in [4.78, 5) is 28.3. The monoisotopic (exact) mass is 518 g/mol. The van der Waals surface area contributed by atoms with E-state index in [0.717, 1.165) is 31.2 Å². The maximum Gasteiger partial charge on any atom is 0.261 e. The van der Waals surface area contributed by atoms with Crippen molar-refractivity contribution in [3.8, 4) is 5.75 Å². The minimum Gasteiger partial charge on any atom is -0.484 e. The average molecular weight is 520 g/mol. The molecular formula is C28H36Cl2N2O3. The Morgan fingerprint density at radius 2 is 1.71 bits per heavy atom. The smallest absolute Gasteiger partial charge is 0.261 e. The van der Waals surface area contributed by atoms with Crippen molar-refractivity contribution < 1.29 is 14.3 Å². The van der Waals surface area contributed by atoms with E-state index < -0.39 is 6.04 Å². The van der Waals surface area contributed by atoms with Crippen molar-refractivity contribution in [1.29, 1.82) is 0 Å². The maximum absolute atomic E-state index is 13.4. The second-order valence-corrected chi connectivity index (χ2v) is 10.4. The molecule has 2 aromatic carbocycles. The summed E-state index contributed by atoms with van der Waals surface area (Å²) in [6.07, 6.45) is 5.92. The van der Waals surface area contributed by atoms with Crippen LogP contribution in [0.25, 0.3) is 0 Å². The topological polar surface area (TPSA) is 58.6 Å². The number of carbonyl (C=O) groups is 2. The molecule has 7 heteroatoms. The van der Waals surface area contributed by atoms with Crippen molar-refractivity contribution in [1.82, 2.24) is 10.2 Å². The summed E-state index contributed by atoms with van der Waals surface area (Å²) < 4.78 is 5.82. The largest absolute Gasteiger partial charge is 0.484 e. The van der Waals surface area contributed by atoms with Gasteiger partial charge >= 0.3 is 0 Å². The van der Waals surface area contributed by atoms with E-state index in [4.69, 9.17) is 27.9 Å². The van der Waals surface area contributed by atoms with Crippen LogP contribution in [-0.4, -0.2) is 35.4 Å². The van der Waals surface area contributed by atoms with Crippen LogP contribution in [0, 0.1) is 0 Å². The lowest BCUT2D eigenvalue weighted by atomic mass is 9.95. The lowest BCUT2D eigenvalue weighted by molar-refractivity contribution is -0.143. The standard InChI is InChI=1S/C28H36Cl2N2O3/c1-4-26(28(34)31-22-8-6-5-7-9-22)32(17-20-10-15-24(29)25(30)16-20)27(33)18-35-23-13-11-21(12-14-23)19(2)3/h10-16,19,22,26H,4-9,17-18H2,1-3H3,(H,31,34). The van der Waals surface area contributed by atoms with E-state index in [9.17, 15) is 9.59 Å². The fourth-order valence-electron chi connectivity index (χ4n) is 4.48. The first-order chi connectivity index (χ1) is 16.8. The molecule has 0 bridgehead atoms. The molecule has 0 heterocycles. The summed E-state index contributed by atoms with van der Waals surface area (Å²) in [6.45, 7) is 6.26. The van der Waals surface area contributed by atoms with Crippen LogP contribution in [-0.2, 0) is 16.1 Å². The summed E-state index contributed by atoms with van der Waals surface area (Å²) in [5.41, 5.74) is 2.01. The van der Waals surface area contributed by atoms with Gasteiger partial charge in [0.15, 0.2) is 6.61 Å². The summed E-state index contributed by atoms with van der Waals surface area (Å²) in [7, 11) is 0. The molecule has 1 aliphatic carbocycles. The minimum atomic E-state index is -0.606. The Morgan fingerprint density at radius 1 is 1.03 bits per heavy atom. The van der Waals surface area contributed by atoms with Gasteiger partial charge in [-0.05, 0) is 60.6 Å². The van der Waals surface area contributed by atoms with Gasteiger partial charge in [-0.25, -0.2) is 0 Å². The van der Waals surface area contributed by atoms with Gasteiger partial charge in [-0.1, -0.05) is 81.4 Å². The number of ether oxygens (including phenoxy) is 1. The highest BCUT2D eigenvalue weighted by molar-refractivity contribution is 6.42. The van der Waals surface area contributed by atoms with E-state index in [0.29, 0.717) is 28.1 Å². The van der Waals surface area contributed by atoms with Gasteiger partial charge in [0.1, 0.15) is 11.8 Å². The Balaban J connectivity index is 1.76. The number of hydrogen-bond acceptors (Lipinski definition) is 3. The SMILES string of the molecule is CCC(C(=O)NC1CCCCC1)N(Cc1ccc(Cl)c(Cl)c1)C(=O)COc1ccc(C(C)C)cc1. The zero-order valence-electron chi connectivity index (χ0n) is 20.9. The quantitative estimate of drug-likeness (QED) is 0.378. The third kappa shape index (κ3) is 7.88. The van der Waals surface area contributed by atoms with Gasteiger partial charge in [0.05, 0.1) is 10.0 Å². The van der Waals surface area contributed by atoms with Crippen LogP contribution in [0.1, 0.15) is 76.3 Å². The molecule has 0 spiro atoms. The molecule has 1 N–H and O–H groups in total. The van der Waals surface area contributed by atoms with Gasteiger partial charge in [0.25, 0.3) is 5.91 Å². The number of benzene rings is 2. The third-order valence-corrected chi connectivity index (χ3v) is 7.32. The Labute approximate surface area is 219 Å². The molecule has 5 nitrogen and oxygen atoms in total. The van der Waals surface area contributed by atoms with Crippen molar-refractivity contribution >= 4 is 35.0 Å². The van der Waals surface area contributed by atoms with Gasteiger partial charge < -0.3 is 15.0 Å². The number of nitrogens with zero attached hydrogens (tertiary/aromatic N) is 1. The van der Waals surface area contributed by atoms with E-state index in [-0.39, 0.29) is 31.0 Å². The maximum atomic E-state index is 13.4. The van der Waals surface area contributed by atoms with Crippen molar-refractivity contribution in [2.24, 2.45) is 0 Å². The molecule has 190 valence electrons. The highest BCUT2D eigenvalue weighted by atomic mass is 35.5. The fraction of sp³-hybridized carbons (Fsp3) is 0.500. The first kappa shape index (κ1) is 27.3. The zero-order chi connectivity index (χ0) is 25.4. The highest BCUT2D eigenvalue weighted by Gasteiger charge is 2.30. The first-order valence-electron chi connectivity index (χ1n) is 12.5. The molecule has 1 fully saturated rings. The lowest BCUT2D eigenvalue weighted by Crippen LogP contribution is -2.52. The molecule has 35 heavy (non-hydrogen) atoms. The Morgan fingerprint density at radius 3 is 2.31 bits per heavy atom. The molecular weight excluding hydrogens is 483 g/mol. The Bertz CT molecular complexity index is 988. The molecule has 0 aromatic heterocycles. The first-order valence-corrected chi connectivity index (χ1v) is 13.3. The van der Waals surface area contributed by atoms with Crippen LogP contribution in [0.15, 0.2) is 42.5 Å². The highest BCUT2D eigenvalue weighted by Crippen LogP contribution is 2.25. The van der Waals surface area contributed by atoms with Crippen molar-refractivity contribution in [2.45, 2.75) is 83.8 Å². The van der Waals surface area contributed by atoms with Gasteiger partial charge in [-0.15, -0.1) is 0 Å². The average Bonchev–Trinajstić information content (AvgIpc) is 2.85. The molecule has 0 saturated heterocycles. The lowest BCUT2D eigenvalue weighted by Gasteiger charge is -2.32. The van der Waals surface area contributed by atoms with Crippen LogP contribution in [0.2, 0.25) is 10.0 Å². The molecule has 0 aliphatic heterocycles. The number of nitrogens with one attached hydrogen (secondary N) is 1. The summed E-state index contributed by atoms with van der Waals surface area (Å²) in [6, 6.07) is 12.6. The second-order valence-electron chi connectivity index (χ2n) is 9.55. The van der Waals surface area contributed by atoms with Crippen LogP contribution >= 0.6 is 23.2 Å². The predicted octanol–water partition coefficient (Wildman–Crippen LogP) is 6.75. The van der Waals surface area contributed by atoms with Crippen LogP contribution < -0.4 is 10.1 Å². The fourth-order valence-corrected chi connectivity index (χ4v) is 4.80. The zero-order valence-corrected chi connectivity index (χ0v) is 22.4. The second kappa shape index (κ2) is 13.2. The number of halogens is 2. The number of hydrogen-bond donors (Lipinski definition) is 1. The van der Waals surface area contributed by atoms with Gasteiger partial charge in [-0.2, -0.15) is 0 Å². The predicted molar refractivity (Wildman–Crippen MR) is 142 cm³/mol. The summed E-state index contributed by atoms with van der Waals surface area (Å²) in [5, 5.41) is 4.04. The summed E-state index contributed by atoms with van der Waals surface area (Å²) in [5.74, 6) is 0.668. The van der Waals surface area contributed by atoms with Crippen molar-refractivity contribution in [3.63, 3.8) is 0 Å². The molecule has 1 unspecified atom stereocenters. The number of rotatable bonds is 10.